The van der Waals surface area contributed by atoms with Crippen LogP contribution in [0.25, 0.3) is 0 Å². The van der Waals surface area contributed by atoms with Crippen molar-refractivity contribution in [2.75, 3.05) is 26.4 Å². The third kappa shape index (κ3) is 7.11. The first kappa shape index (κ1) is 25.3. The Kier molecular flexibility index (Phi) is 11.2. The van der Waals surface area contributed by atoms with Gasteiger partial charge in [-0.15, -0.1) is 6.58 Å². The zero-order valence-corrected chi connectivity index (χ0v) is 19.7. The molecule has 0 spiro atoms. The SMILES string of the molecule is C=CCO[C@@H]1O[C@@H]2COC(c3ccccc3)O[C@H]2[C@H](OCCCCC)[C@H]1NCCCCC. The average molecular weight is 448 g/mol. The Bertz CT molecular complexity index is 642. The molecule has 2 aliphatic rings. The smallest absolute Gasteiger partial charge is 0.184 e. The van der Waals surface area contributed by atoms with Crippen molar-refractivity contribution >= 4 is 0 Å². The van der Waals surface area contributed by atoms with E-state index in [0.29, 0.717) is 19.8 Å². The van der Waals surface area contributed by atoms with E-state index in [1.807, 2.05) is 30.3 Å². The zero-order valence-electron chi connectivity index (χ0n) is 19.7. The van der Waals surface area contributed by atoms with Gasteiger partial charge in [0.15, 0.2) is 12.6 Å². The number of fused-ring (bicyclic) bond motifs is 1. The fraction of sp³-hybridized carbons (Fsp3) is 0.692. The van der Waals surface area contributed by atoms with Crippen LogP contribution in [0.1, 0.15) is 64.2 Å². The van der Waals surface area contributed by atoms with Crippen molar-refractivity contribution in [3.8, 4) is 0 Å². The Hall–Kier alpha value is -1.28. The molecule has 0 amide bonds. The molecule has 0 bridgehead atoms. The first-order valence-electron chi connectivity index (χ1n) is 12.3. The summed E-state index contributed by atoms with van der Waals surface area (Å²) in [6.07, 6.45) is 7.05. The van der Waals surface area contributed by atoms with Crippen LogP contribution in [0.2, 0.25) is 0 Å². The van der Waals surface area contributed by atoms with E-state index in [9.17, 15) is 0 Å². The molecule has 0 aliphatic carbocycles. The molecule has 2 fully saturated rings. The molecule has 0 aromatic heterocycles. The summed E-state index contributed by atoms with van der Waals surface area (Å²) in [7, 11) is 0. The Morgan fingerprint density at radius 2 is 1.81 bits per heavy atom. The van der Waals surface area contributed by atoms with Gasteiger partial charge >= 0.3 is 0 Å². The van der Waals surface area contributed by atoms with Crippen LogP contribution in [0.15, 0.2) is 43.0 Å². The highest BCUT2D eigenvalue weighted by molar-refractivity contribution is 5.16. The molecule has 32 heavy (non-hydrogen) atoms. The average Bonchev–Trinajstić information content (AvgIpc) is 2.84. The highest BCUT2D eigenvalue weighted by atomic mass is 16.7. The number of ether oxygens (including phenoxy) is 5. The second-order valence-corrected chi connectivity index (χ2v) is 8.57. The van der Waals surface area contributed by atoms with Crippen LogP contribution in [-0.4, -0.2) is 57.0 Å². The second kappa shape index (κ2) is 14.1. The number of hydrogen-bond donors (Lipinski definition) is 1. The lowest BCUT2D eigenvalue weighted by atomic mass is 9.95. The second-order valence-electron chi connectivity index (χ2n) is 8.57. The van der Waals surface area contributed by atoms with Crippen LogP contribution in [0.3, 0.4) is 0 Å². The standard InChI is InChI=1S/C26H41NO5/c1-4-7-12-16-27-22-24(28-18-13-8-5-2)23-21(31-26(22)29-17-6-3)19-30-25(32-23)20-14-10-9-11-15-20/h6,9-11,14-15,21-27H,3-5,7-8,12-13,16-19H2,1-2H3/t21-,22-,23-,24-,25?,26-/m1/s1. The normalized spacial score (nSPS) is 30.1. The van der Waals surface area contributed by atoms with Gasteiger partial charge in [-0.25, -0.2) is 0 Å². The number of unbranched alkanes of at least 4 members (excludes halogenated alkanes) is 4. The summed E-state index contributed by atoms with van der Waals surface area (Å²) in [5.41, 5.74) is 1.01. The maximum Gasteiger partial charge on any atom is 0.184 e. The van der Waals surface area contributed by atoms with Gasteiger partial charge < -0.3 is 29.0 Å². The van der Waals surface area contributed by atoms with Gasteiger partial charge in [0.1, 0.15) is 18.3 Å². The lowest BCUT2D eigenvalue weighted by molar-refractivity contribution is -0.348. The number of benzene rings is 1. The van der Waals surface area contributed by atoms with E-state index in [4.69, 9.17) is 23.7 Å². The van der Waals surface area contributed by atoms with Crippen LogP contribution in [0.4, 0.5) is 0 Å². The molecule has 6 nitrogen and oxygen atoms in total. The monoisotopic (exact) mass is 447 g/mol. The Morgan fingerprint density at radius 3 is 2.56 bits per heavy atom. The van der Waals surface area contributed by atoms with Gasteiger partial charge in [0.05, 0.1) is 19.3 Å². The van der Waals surface area contributed by atoms with Crippen molar-refractivity contribution in [1.82, 2.24) is 5.32 Å². The third-order valence-electron chi connectivity index (χ3n) is 6.01. The quantitative estimate of drug-likeness (QED) is 0.328. The summed E-state index contributed by atoms with van der Waals surface area (Å²) in [6, 6.07) is 9.94. The first-order chi connectivity index (χ1) is 15.8. The lowest BCUT2D eigenvalue weighted by Crippen LogP contribution is -2.67. The molecular weight excluding hydrogens is 406 g/mol. The minimum absolute atomic E-state index is 0.121. The molecule has 0 saturated carbocycles. The topological polar surface area (TPSA) is 58.2 Å². The van der Waals surface area contributed by atoms with Gasteiger partial charge in [-0.1, -0.05) is 75.9 Å². The van der Waals surface area contributed by atoms with Crippen LogP contribution in [0, 0.1) is 0 Å². The maximum absolute atomic E-state index is 6.49. The highest BCUT2D eigenvalue weighted by Gasteiger charge is 2.50. The summed E-state index contributed by atoms with van der Waals surface area (Å²) in [5, 5.41) is 3.66. The highest BCUT2D eigenvalue weighted by Crippen LogP contribution is 2.35. The molecule has 3 rings (SSSR count). The molecule has 2 saturated heterocycles. The van der Waals surface area contributed by atoms with Gasteiger partial charge in [0.2, 0.25) is 0 Å². The van der Waals surface area contributed by atoms with E-state index in [0.717, 1.165) is 37.8 Å². The van der Waals surface area contributed by atoms with Crippen LogP contribution < -0.4 is 5.32 Å². The van der Waals surface area contributed by atoms with E-state index >= 15 is 0 Å². The Morgan fingerprint density at radius 1 is 1.03 bits per heavy atom. The van der Waals surface area contributed by atoms with Gasteiger partial charge in [0.25, 0.3) is 0 Å². The lowest BCUT2D eigenvalue weighted by Gasteiger charge is -2.49. The summed E-state index contributed by atoms with van der Waals surface area (Å²) in [6.45, 7) is 10.7. The predicted molar refractivity (Wildman–Crippen MR) is 125 cm³/mol. The minimum atomic E-state index is -0.437. The van der Waals surface area contributed by atoms with Crippen molar-refractivity contribution in [2.45, 2.75) is 89.3 Å². The van der Waals surface area contributed by atoms with E-state index in [-0.39, 0.29) is 24.4 Å². The number of nitrogens with one attached hydrogen (secondary N) is 1. The van der Waals surface area contributed by atoms with E-state index in [2.05, 4.69) is 25.7 Å². The van der Waals surface area contributed by atoms with Gasteiger partial charge in [-0.3, -0.25) is 0 Å². The van der Waals surface area contributed by atoms with Gasteiger partial charge in [-0.2, -0.15) is 0 Å². The van der Waals surface area contributed by atoms with Crippen molar-refractivity contribution in [1.29, 1.82) is 0 Å². The van der Waals surface area contributed by atoms with Gasteiger partial charge in [-0.05, 0) is 19.4 Å². The molecule has 2 aliphatic heterocycles. The summed E-state index contributed by atoms with van der Waals surface area (Å²) < 4.78 is 31.4. The molecule has 6 heteroatoms. The minimum Gasteiger partial charge on any atom is -0.374 e. The molecule has 1 unspecified atom stereocenters. The molecule has 180 valence electrons. The van der Waals surface area contributed by atoms with Crippen molar-refractivity contribution in [3.05, 3.63) is 48.6 Å². The maximum atomic E-state index is 6.49. The summed E-state index contributed by atoms with van der Waals surface area (Å²) in [5.74, 6) is 0. The molecule has 1 aromatic carbocycles. The largest absolute Gasteiger partial charge is 0.374 e. The summed E-state index contributed by atoms with van der Waals surface area (Å²) >= 11 is 0. The van der Waals surface area contributed by atoms with Crippen LogP contribution in [-0.2, 0) is 23.7 Å². The number of rotatable bonds is 14. The molecule has 2 heterocycles. The third-order valence-corrected chi connectivity index (χ3v) is 6.01. The van der Waals surface area contributed by atoms with Crippen molar-refractivity contribution < 1.29 is 23.7 Å². The van der Waals surface area contributed by atoms with Crippen LogP contribution >= 0.6 is 0 Å². The molecule has 1 aromatic rings. The van der Waals surface area contributed by atoms with Crippen molar-refractivity contribution in [3.63, 3.8) is 0 Å². The molecular formula is C26H41NO5. The predicted octanol–water partition coefficient (Wildman–Crippen LogP) is 4.75. The van der Waals surface area contributed by atoms with Gasteiger partial charge in [0, 0.05) is 12.2 Å². The first-order valence-corrected chi connectivity index (χ1v) is 12.3. The zero-order chi connectivity index (χ0) is 22.6. The Balaban J connectivity index is 1.76. The number of hydrogen-bond acceptors (Lipinski definition) is 6. The van der Waals surface area contributed by atoms with Crippen LogP contribution in [0.5, 0.6) is 0 Å². The fourth-order valence-corrected chi connectivity index (χ4v) is 4.29. The van der Waals surface area contributed by atoms with Crippen molar-refractivity contribution in [2.24, 2.45) is 0 Å². The summed E-state index contributed by atoms with van der Waals surface area (Å²) in [4.78, 5) is 0. The molecule has 1 N–H and O–H groups in total. The van der Waals surface area contributed by atoms with E-state index in [1.54, 1.807) is 6.08 Å². The van der Waals surface area contributed by atoms with E-state index in [1.165, 1.54) is 12.8 Å². The Labute approximate surface area is 193 Å². The fourth-order valence-electron chi connectivity index (χ4n) is 4.29. The van der Waals surface area contributed by atoms with E-state index < -0.39 is 12.6 Å². The molecule has 0 radical (unpaired) electrons. The molecule has 6 atom stereocenters.